The first-order chi connectivity index (χ1) is 7.22. The molecule has 0 saturated heterocycles. The number of hydrogen-bond donors (Lipinski definition) is 1. The van der Waals surface area contributed by atoms with Crippen molar-refractivity contribution >= 4 is 12.0 Å². The van der Waals surface area contributed by atoms with Gasteiger partial charge in [-0.25, -0.2) is 4.79 Å². The van der Waals surface area contributed by atoms with E-state index in [1.54, 1.807) is 18.2 Å². The van der Waals surface area contributed by atoms with E-state index in [1.165, 1.54) is 0 Å². The quantitative estimate of drug-likeness (QED) is 0.608. The van der Waals surface area contributed by atoms with Gasteiger partial charge in [-0.15, -0.1) is 0 Å². The van der Waals surface area contributed by atoms with E-state index >= 15 is 0 Å². The second-order valence-electron chi connectivity index (χ2n) is 3.25. The summed E-state index contributed by atoms with van der Waals surface area (Å²) in [6.07, 6.45) is 3.41. The van der Waals surface area contributed by atoms with Crippen LogP contribution in [-0.4, -0.2) is 11.2 Å². The zero-order valence-electron chi connectivity index (χ0n) is 8.69. The Kier molecular flexibility index (Phi) is 4.06. The van der Waals surface area contributed by atoms with Crippen LogP contribution in [-0.2, 0) is 11.3 Å². The third-order valence-corrected chi connectivity index (χ3v) is 2.19. The highest BCUT2D eigenvalue weighted by Gasteiger charge is 2.12. The molecule has 1 rings (SSSR count). The van der Waals surface area contributed by atoms with Gasteiger partial charge in [0.2, 0.25) is 0 Å². The average molecular weight is 206 g/mol. The van der Waals surface area contributed by atoms with Crippen molar-refractivity contribution in [1.82, 2.24) is 0 Å². The third-order valence-electron chi connectivity index (χ3n) is 2.19. The summed E-state index contributed by atoms with van der Waals surface area (Å²) in [4.78, 5) is 14.9. The Morgan fingerprint density at radius 2 is 2.33 bits per heavy atom. The normalized spacial score (nSPS) is 9.73. The summed E-state index contributed by atoms with van der Waals surface area (Å²) < 4.78 is 0. The number of rotatable bonds is 4. The minimum atomic E-state index is -0.714. The summed E-state index contributed by atoms with van der Waals surface area (Å²) in [5.74, 6) is -0.714. The van der Waals surface area contributed by atoms with Crippen molar-refractivity contribution in [2.75, 3.05) is 0 Å². The Morgan fingerprint density at radius 1 is 1.60 bits per heavy atom. The zero-order valence-corrected chi connectivity index (χ0v) is 8.69. The van der Waals surface area contributed by atoms with Crippen molar-refractivity contribution in [3.8, 4) is 0 Å². The number of hydrogen-bond acceptors (Lipinski definition) is 3. The van der Waals surface area contributed by atoms with E-state index in [1.807, 2.05) is 13.0 Å². The lowest BCUT2D eigenvalue weighted by molar-refractivity contribution is -0.182. The van der Waals surface area contributed by atoms with Crippen molar-refractivity contribution in [2.45, 2.75) is 19.8 Å². The van der Waals surface area contributed by atoms with E-state index in [0.717, 1.165) is 24.0 Å². The van der Waals surface area contributed by atoms with Crippen LogP contribution in [0.1, 0.15) is 34.8 Å². The van der Waals surface area contributed by atoms with Crippen LogP contribution in [0, 0.1) is 0 Å². The van der Waals surface area contributed by atoms with E-state index in [9.17, 15) is 4.79 Å². The topological polar surface area (TPSA) is 46.5 Å². The molecular formula is C12H14O3. The van der Waals surface area contributed by atoms with Crippen LogP contribution >= 0.6 is 0 Å². The first-order valence-electron chi connectivity index (χ1n) is 4.84. The Balaban J connectivity index is 3.14. The lowest BCUT2D eigenvalue weighted by Gasteiger charge is -2.06. The van der Waals surface area contributed by atoms with Crippen molar-refractivity contribution in [1.29, 1.82) is 0 Å². The Bertz CT molecular complexity index is 369. The number of benzene rings is 1. The highest BCUT2D eigenvalue weighted by atomic mass is 17.1. The van der Waals surface area contributed by atoms with Gasteiger partial charge in [0.25, 0.3) is 0 Å². The van der Waals surface area contributed by atoms with Crippen molar-refractivity contribution in [2.24, 2.45) is 0 Å². The molecule has 3 nitrogen and oxygen atoms in total. The Labute approximate surface area is 88.9 Å². The SMILES string of the molecule is C=Cc1ccc(C(=O)OO)c(CCC)c1. The fourth-order valence-electron chi connectivity index (χ4n) is 1.47. The molecular weight excluding hydrogens is 192 g/mol. The summed E-state index contributed by atoms with van der Waals surface area (Å²) in [5.41, 5.74) is 2.23. The molecule has 0 aliphatic rings. The molecule has 0 aliphatic heterocycles. The van der Waals surface area contributed by atoms with Gasteiger partial charge in [0.05, 0.1) is 5.56 Å². The monoisotopic (exact) mass is 206 g/mol. The van der Waals surface area contributed by atoms with Crippen LogP contribution in [0.4, 0.5) is 0 Å². The lowest BCUT2D eigenvalue weighted by Crippen LogP contribution is -2.06. The van der Waals surface area contributed by atoms with Gasteiger partial charge in [-0.2, -0.15) is 5.26 Å². The first kappa shape index (κ1) is 11.5. The number of carbonyl (C=O) groups excluding carboxylic acids is 1. The van der Waals surface area contributed by atoms with Gasteiger partial charge in [-0.3, -0.25) is 4.89 Å². The van der Waals surface area contributed by atoms with Crippen molar-refractivity contribution in [3.63, 3.8) is 0 Å². The maximum atomic E-state index is 11.2. The molecule has 0 fully saturated rings. The molecule has 3 heteroatoms. The molecule has 0 atom stereocenters. The van der Waals surface area contributed by atoms with E-state index in [2.05, 4.69) is 11.5 Å². The average Bonchev–Trinajstić information content (AvgIpc) is 2.28. The second-order valence-corrected chi connectivity index (χ2v) is 3.25. The van der Waals surface area contributed by atoms with Gasteiger partial charge in [0, 0.05) is 0 Å². The van der Waals surface area contributed by atoms with Gasteiger partial charge < -0.3 is 0 Å². The Morgan fingerprint density at radius 3 is 2.87 bits per heavy atom. The molecule has 0 amide bonds. The zero-order chi connectivity index (χ0) is 11.3. The molecule has 0 saturated carbocycles. The molecule has 0 aliphatic carbocycles. The molecule has 0 unspecified atom stereocenters. The van der Waals surface area contributed by atoms with Crippen molar-refractivity contribution < 1.29 is 14.9 Å². The molecule has 0 aromatic heterocycles. The maximum absolute atomic E-state index is 11.2. The molecule has 0 heterocycles. The van der Waals surface area contributed by atoms with Crippen LogP contribution in [0.3, 0.4) is 0 Å². The predicted octanol–water partition coefficient (Wildman–Crippen LogP) is 2.91. The summed E-state index contributed by atoms with van der Waals surface area (Å²) in [6.45, 7) is 5.68. The standard InChI is InChI=1S/C12H14O3/c1-3-5-10-8-9(4-2)6-7-11(10)12(13)15-14/h4,6-8,14H,2-3,5H2,1H3. The first-order valence-corrected chi connectivity index (χ1v) is 4.84. The lowest BCUT2D eigenvalue weighted by atomic mass is 10.0. The molecule has 80 valence electrons. The van der Waals surface area contributed by atoms with Crippen LogP contribution < -0.4 is 0 Å². The van der Waals surface area contributed by atoms with Gasteiger partial charge in [-0.05, 0) is 23.6 Å². The van der Waals surface area contributed by atoms with Crippen LogP contribution in [0.15, 0.2) is 24.8 Å². The minimum absolute atomic E-state index is 0.407. The van der Waals surface area contributed by atoms with Crippen LogP contribution in [0.25, 0.3) is 6.08 Å². The fourth-order valence-corrected chi connectivity index (χ4v) is 1.47. The highest BCUT2D eigenvalue weighted by Crippen LogP contribution is 2.16. The summed E-state index contributed by atoms with van der Waals surface area (Å²) >= 11 is 0. The fraction of sp³-hybridized carbons (Fsp3) is 0.250. The minimum Gasteiger partial charge on any atom is -0.295 e. The maximum Gasteiger partial charge on any atom is 0.373 e. The molecule has 0 spiro atoms. The number of aryl methyl sites for hydroxylation is 1. The smallest absolute Gasteiger partial charge is 0.295 e. The molecule has 0 radical (unpaired) electrons. The third kappa shape index (κ3) is 2.67. The molecule has 0 bridgehead atoms. The highest BCUT2D eigenvalue weighted by molar-refractivity contribution is 5.91. The Hall–Kier alpha value is -1.61. The molecule has 1 N–H and O–H groups in total. The molecule has 15 heavy (non-hydrogen) atoms. The van der Waals surface area contributed by atoms with Gasteiger partial charge in [0.15, 0.2) is 0 Å². The van der Waals surface area contributed by atoms with Gasteiger partial charge >= 0.3 is 5.97 Å². The van der Waals surface area contributed by atoms with Gasteiger partial charge in [-0.1, -0.05) is 38.1 Å². The molecule has 1 aromatic rings. The summed E-state index contributed by atoms with van der Waals surface area (Å²) in [7, 11) is 0. The second kappa shape index (κ2) is 5.32. The number of carbonyl (C=O) groups is 1. The van der Waals surface area contributed by atoms with Gasteiger partial charge in [0.1, 0.15) is 0 Å². The van der Waals surface area contributed by atoms with E-state index < -0.39 is 5.97 Å². The predicted molar refractivity (Wildman–Crippen MR) is 58.6 cm³/mol. The summed E-state index contributed by atoms with van der Waals surface area (Å²) in [5, 5.41) is 8.34. The van der Waals surface area contributed by atoms with E-state index in [0.29, 0.717) is 5.56 Å². The summed E-state index contributed by atoms with van der Waals surface area (Å²) in [6, 6.07) is 5.28. The van der Waals surface area contributed by atoms with E-state index in [4.69, 9.17) is 5.26 Å². The molecule has 1 aromatic carbocycles. The van der Waals surface area contributed by atoms with Crippen LogP contribution in [0.5, 0.6) is 0 Å². The largest absolute Gasteiger partial charge is 0.373 e. The van der Waals surface area contributed by atoms with Crippen LogP contribution in [0.2, 0.25) is 0 Å². The van der Waals surface area contributed by atoms with Crippen molar-refractivity contribution in [3.05, 3.63) is 41.5 Å². The van der Waals surface area contributed by atoms with E-state index in [-0.39, 0.29) is 0 Å².